The standard InChI is InChI=1S/C13H18BrFN2O/c1-9(16)13-8-17(2-3-18-13)7-10-4-11(14)6-12(15)5-10/h4-6,9,13H,2-3,7-8,16H2,1H3. The lowest BCUT2D eigenvalue weighted by Crippen LogP contribution is -2.49. The molecule has 5 heteroatoms. The molecule has 1 saturated heterocycles. The Kier molecular flexibility index (Phi) is 4.72. The highest BCUT2D eigenvalue weighted by atomic mass is 79.9. The minimum Gasteiger partial charge on any atom is -0.374 e. The van der Waals surface area contributed by atoms with Crippen LogP contribution in [0, 0.1) is 5.82 Å². The zero-order chi connectivity index (χ0) is 13.1. The summed E-state index contributed by atoms with van der Waals surface area (Å²) in [4.78, 5) is 2.25. The first-order chi connectivity index (χ1) is 8.54. The Morgan fingerprint density at radius 3 is 3.00 bits per heavy atom. The molecule has 2 atom stereocenters. The van der Waals surface area contributed by atoms with Crippen LogP contribution >= 0.6 is 15.9 Å². The third kappa shape index (κ3) is 3.75. The second-order valence-electron chi connectivity index (χ2n) is 4.78. The van der Waals surface area contributed by atoms with Gasteiger partial charge in [0, 0.05) is 30.1 Å². The Hall–Kier alpha value is -0.490. The minimum absolute atomic E-state index is 0.0204. The van der Waals surface area contributed by atoms with Crippen LogP contribution in [0.25, 0.3) is 0 Å². The summed E-state index contributed by atoms with van der Waals surface area (Å²) in [6.45, 7) is 5.02. The quantitative estimate of drug-likeness (QED) is 0.928. The summed E-state index contributed by atoms with van der Waals surface area (Å²) in [5.74, 6) is -0.212. The van der Waals surface area contributed by atoms with Gasteiger partial charge in [-0.3, -0.25) is 4.90 Å². The molecule has 0 aliphatic carbocycles. The van der Waals surface area contributed by atoms with Gasteiger partial charge in [-0.25, -0.2) is 4.39 Å². The summed E-state index contributed by atoms with van der Waals surface area (Å²) in [6.07, 6.45) is 0.0655. The van der Waals surface area contributed by atoms with Crippen LogP contribution in [0.5, 0.6) is 0 Å². The fourth-order valence-corrected chi connectivity index (χ4v) is 2.67. The highest BCUT2D eigenvalue weighted by molar-refractivity contribution is 9.10. The van der Waals surface area contributed by atoms with Crippen LogP contribution in [0.1, 0.15) is 12.5 Å². The molecule has 1 aromatic carbocycles. The Bertz CT molecular complexity index is 394. The summed E-state index contributed by atoms with van der Waals surface area (Å²) in [5.41, 5.74) is 6.82. The third-order valence-electron chi connectivity index (χ3n) is 3.09. The van der Waals surface area contributed by atoms with Gasteiger partial charge in [-0.1, -0.05) is 15.9 Å². The van der Waals surface area contributed by atoms with Crippen molar-refractivity contribution in [2.75, 3.05) is 19.7 Å². The van der Waals surface area contributed by atoms with Gasteiger partial charge in [-0.2, -0.15) is 0 Å². The molecule has 18 heavy (non-hydrogen) atoms. The second kappa shape index (κ2) is 6.10. The summed E-state index contributed by atoms with van der Waals surface area (Å²) >= 11 is 3.31. The Balaban J connectivity index is 2.00. The maximum absolute atomic E-state index is 13.3. The van der Waals surface area contributed by atoms with Crippen molar-refractivity contribution in [1.82, 2.24) is 4.90 Å². The normalized spacial score (nSPS) is 23.0. The first kappa shape index (κ1) is 13.9. The molecule has 1 aliphatic rings. The molecule has 0 radical (unpaired) electrons. The van der Waals surface area contributed by atoms with Gasteiger partial charge >= 0.3 is 0 Å². The van der Waals surface area contributed by atoms with Gasteiger partial charge < -0.3 is 10.5 Å². The van der Waals surface area contributed by atoms with E-state index in [4.69, 9.17) is 10.5 Å². The molecular formula is C13H18BrFN2O. The lowest BCUT2D eigenvalue weighted by Gasteiger charge is -2.34. The van der Waals surface area contributed by atoms with Crippen LogP contribution in [0.4, 0.5) is 4.39 Å². The van der Waals surface area contributed by atoms with E-state index < -0.39 is 0 Å². The van der Waals surface area contributed by atoms with Crippen molar-refractivity contribution in [1.29, 1.82) is 0 Å². The van der Waals surface area contributed by atoms with Gasteiger partial charge in [-0.15, -0.1) is 0 Å². The molecule has 2 unspecified atom stereocenters. The van der Waals surface area contributed by atoms with E-state index in [9.17, 15) is 4.39 Å². The number of hydrogen-bond acceptors (Lipinski definition) is 3. The number of benzene rings is 1. The zero-order valence-electron chi connectivity index (χ0n) is 10.4. The van der Waals surface area contributed by atoms with Crippen molar-refractivity contribution >= 4 is 15.9 Å². The van der Waals surface area contributed by atoms with Crippen molar-refractivity contribution in [3.63, 3.8) is 0 Å². The third-order valence-corrected chi connectivity index (χ3v) is 3.55. The number of rotatable bonds is 3. The summed E-state index contributed by atoms with van der Waals surface area (Å²) in [7, 11) is 0. The molecule has 1 fully saturated rings. The fourth-order valence-electron chi connectivity index (χ4n) is 2.15. The first-order valence-electron chi connectivity index (χ1n) is 6.09. The van der Waals surface area contributed by atoms with Gasteiger partial charge in [0.25, 0.3) is 0 Å². The monoisotopic (exact) mass is 316 g/mol. The second-order valence-corrected chi connectivity index (χ2v) is 5.70. The van der Waals surface area contributed by atoms with E-state index >= 15 is 0 Å². The zero-order valence-corrected chi connectivity index (χ0v) is 12.0. The van der Waals surface area contributed by atoms with Crippen LogP contribution in [-0.2, 0) is 11.3 Å². The van der Waals surface area contributed by atoms with Crippen LogP contribution < -0.4 is 5.73 Å². The van der Waals surface area contributed by atoms with E-state index in [-0.39, 0.29) is 18.0 Å². The largest absolute Gasteiger partial charge is 0.374 e. The molecule has 2 N–H and O–H groups in total. The van der Waals surface area contributed by atoms with Crippen molar-refractivity contribution in [3.05, 3.63) is 34.1 Å². The molecule has 0 spiro atoms. The van der Waals surface area contributed by atoms with Gasteiger partial charge in [0.2, 0.25) is 0 Å². The smallest absolute Gasteiger partial charge is 0.124 e. The predicted molar refractivity (Wildman–Crippen MR) is 72.8 cm³/mol. The molecule has 0 bridgehead atoms. The molecule has 3 nitrogen and oxygen atoms in total. The van der Waals surface area contributed by atoms with Crippen LogP contribution in [0.2, 0.25) is 0 Å². The van der Waals surface area contributed by atoms with Gasteiger partial charge in [0.15, 0.2) is 0 Å². The molecule has 1 aliphatic heterocycles. The lowest BCUT2D eigenvalue weighted by atomic mass is 10.1. The molecule has 1 aromatic rings. The van der Waals surface area contributed by atoms with Gasteiger partial charge in [-0.05, 0) is 30.7 Å². The molecule has 0 aromatic heterocycles. The predicted octanol–water partition coefficient (Wildman–Crippen LogP) is 2.14. The number of nitrogens with zero attached hydrogens (tertiary/aromatic N) is 1. The average molecular weight is 317 g/mol. The van der Waals surface area contributed by atoms with Crippen LogP contribution in [0.15, 0.2) is 22.7 Å². The highest BCUT2D eigenvalue weighted by Gasteiger charge is 2.23. The van der Waals surface area contributed by atoms with E-state index in [1.807, 2.05) is 13.0 Å². The summed E-state index contributed by atoms with van der Waals surface area (Å²) < 4.78 is 19.7. The van der Waals surface area contributed by atoms with E-state index in [1.54, 1.807) is 6.07 Å². The molecule has 100 valence electrons. The van der Waals surface area contributed by atoms with E-state index in [0.29, 0.717) is 6.61 Å². The molecular weight excluding hydrogens is 299 g/mol. The van der Waals surface area contributed by atoms with Gasteiger partial charge in [0.1, 0.15) is 5.82 Å². The number of hydrogen-bond donors (Lipinski definition) is 1. The molecule has 0 amide bonds. The first-order valence-corrected chi connectivity index (χ1v) is 6.88. The molecule has 1 heterocycles. The lowest BCUT2D eigenvalue weighted by molar-refractivity contribution is -0.0403. The highest BCUT2D eigenvalue weighted by Crippen LogP contribution is 2.18. The fraction of sp³-hybridized carbons (Fsp3) is 0.538. The SMILES string of the molecule is CC(N)C1CN(Cc2cc(F)cc(Br)c2)CCO1. The van der Waals surface area contributed by atoms with Crippen molar-refractivity contribution in [2.24, 2.45) is 5.73 Å². The Morgan fingerprint density at radius 2 is 2.33 bits per heavy atom. The number of ether oxygens (including phenoxy) is 1. The van der Waals surface area contributed by atoms with Crippen LogP contribution in [0.3, 0.4) is 0 Å². The van der Waals surface area contributed by atoms with Gasteiger partial charge in [0.05, 0.1) is 12.7 Å². The van der Waals surface area contributed by atoms with E-state index in [2.05, 4.69) is 20.8 Å². The number of nitrogens with two attached hydrogens (primary N) is 1. The number of halogens is 2. The molecule has 2 rings (SSSR count). The van der Waals surface area contributed by atoms with Crippen molar-refractivity contribution < 1.29 is 9.13 Å². The van der Waals surface area contributed by atoms with Crippen LogP contribution in [-0.4, -0.2) is 36.7 Å². The Labute approximate surface area is 115 Å². The average Bonchev–Trinajstić information content (AvgIpc) is 2.27. The minimum atomic E-state index is -0.212. The maximum atomic E-state index is 13.3. The van der Waals surface area contributed by atoms with Crippen molar-refractivity contribution in [3.8, 4) is 0 Å². The number of morpholine rings is 1. The Morgan fingerprint density at radius 1 is 1.56 bits per heavy atom. The van der Waals surface area contributed by atoms with Crippen molar-refractivity contribution in [2.45, 2.75) is 25.6 Å². The summed E-state index contributed by atoms with van der Waals surface area (Å²) in [5, 5.41) is 0. The van der Waals surface area contributed by atoms with E-state index in [0.717, 1.165) is 29.7 Å². The maximum Gasteiger partial charge on any atom is 0.124 e. The topological polar surface area (TPSA) is 38.5 Å². The molecule has 0 saturated carbocycles. The van der Waals surface area contributed by atoms with E-state index in [1.165, 1.54) is 6.07 Å². The summed E-state index contributed by atoms with van der Waals surface area (Å²) in [6, 6.07) is 5.00.